The van der Waals surface area contributed by atoms with Gasteiger partial charge >= 0.3 is 5.97 Å². The molecule has 0 aliphatic carbocycles. The number of nitrogens with one attached hydrogen (secondary N) is 1. The van der Waals surface area contributed by atoms with Gasteiger partial charge in [-0.15, -0.1) is 11.3 Å². The van der Waals surface area contributed by atoms with Gasteiger partial charge in [0, 0.05) is 18.5 Å². The van der Waals surface area contributed by atoms with Crippen LogP contribution in [0.25, 0.3) is 0 Å². The van der Waals surface area contributed by atoms with Gasteiger partial charge in [0.1, 0.15) is 5.75 Å². The summed E-state index contributed by atoms with van der Waals surface area (Å²) in [5.41, 5.74) is 1.48. The summed E-state index contributed by atoms with van der Waals surface area (Å²) >= 11 is 1.29. The molecule has 32 heavy (non-hydrogen) atoms. The van der Waals surface area contributed by atoms with Gasteiger partial charge < -0.3 is 14.7 Å². The number of carbonyl (C=O) groups is 1. The lowest BCUT2D eigenvalue weighted by molar-refractivity contribution is 0.0696. The molecule has 8 nitrogen and oxygen atoms in total. The molecule has 10 heteroatoms. The Morgan fingerprint density at radius 1 is 1.19 bits per heavy atom. The molecular weight excluding hydrogens is 450 g/mol. The second kappa shape index (κ2) is 9.17. The van der Waals surface area contributed by atoms with E-state index in [0.29, 0.717) is 11.0 Å². The number of sulfonamides is 1. The van der Waals surface area contributed by atoms with Crippen LogP contribution in [0.1, 0.15) is 34.7 Å². The van der Waals surface area contributed by atoms with Crippen molar-refractivity contribution in [3.8, 4) is 5.75 Å². The van der Waals surface area contributed by atoms with Gasteiger partial charge in [0.15, 0.2) is 10.2 Å². The summed E-state index contributed by atoms with van der Waals surface area (Å²) in [6, 6.07) is 14.4. The molecule has 1 aromatic heterocycles. The molecule has 0 bridgehead atoms. The lowest BCUT2D eigenvalue weighted by Gasteiger charge is -2.32. The number of hydrogen-bond acceptors (Lipinski definition) is 7. The summed E-state index contributed by atoms with van der Waals surface area (Å²) in [5, 5.41) is 11.2. The third kappa shape index (κ3) is 4.71. The van der Waals surface area contributed by atoms with Crippen LogP contribution < -0.4 is 14.4 Å². The van der Waals surface area contributed by atoms with Crippen LogP contribution in [-0.2, 0) is 10.0 Å². The van der Waals surface area contributed by atoms with E-state index in [4.69, 9.17) is 9.84 Å². The monoisotopic (exact) mass is 473 g/mol. The van der Waals surface area contributed by atoms with E-state index in [0.717, 1.165) is 25.9 Å². The zero-order valence-electron chi connectivity index (χ0n) is 17.4. The lowest BCUT2D eigenvalue weighted by Crippen LogP contribution is -2.32. The van der Waals surface area contributed by atoms with Crippen LogP contribution >= 0.6 is 11.3 Å². The van der Waals surface area contributed by atoms with Crippen LogP contribution in [0.2, 0.25) is 0 Å². The number of rotatable bonds is 7. The number of benzene rings is 2. The fourth-order valence-electron chi connectivity index (χ4n) is 3.75. The number of hydrogen-bond donors (Lipinski definition) is 2. The van der Waals surface area contributed by atoms with E-state index in [1.165, 1.54) is 47.6 Å². The van der Waals surface area contributed by atoms with Crippen molar-refractivity contribution in [2.45, 2.75) is 23.8 Å². The molecule has 0 atom stereocenters. The molecule has 1 aliphatic rings. The Bertz CT molecular complexity index is 1200. The van der Waals surface area contributed by atoms with Crippen molar-refractivity contribution in [3.05, 3.63) is 65.0 Å². The quantitative estimate of drug-likeness (QED) is 0.533. The standard InChI is InChI=1S/C22H23N3O5S2/c1-30-19-13-17(21(26)27)7-8-18(19)24-32(28,29)20-14-31-22(23-20)25-11-9-16(10-12-25)15-5-3-2-4-6-15/h2-8,13-14,16,24H,9-12H2,1H3,(H,26,27). The van der Waals surface area contributed by atoms with Crippen molar-refractivity contribution in [2.75, 3.05) is 29.8 Å². The number of thiazole rings is 1. The molecule has 0 spiro atoms. The van der Waals surface area contributed by atoms with E-state index < -0.39 is 16.0 Å². The van der Waals surface area contributed by atoms with Crippen LogP contribution in [0, 0.1) is 0 Å². The van der Waals surface area contributed by atoms with Gasteiger partial charge in [-0.05, 0) is 42.5 Å². The third-order valence-corrected chi connectivity index (χ3v) is 7.77. The number of anilines is 2. The van der Waals surface area contributed by atoms with Crippen molar-refractivity contribution >= 4 is 38.1 Å². The number of ether oxygens (including phenoxy) is 1. The van der Waals surface area contributed by atoms with E-state index in [-0.39, 0.29) is 22.0 Å². The first-order chi connectivity index (χ1) is 15.4. The minimum absolute atomic E-state index is 0.000326. The summed E-state index contributed by atoms with van der Waals surface area (Å²) in [4.78, 5) is 17.6. The van der Waals surface area contributed by atoms with Crippen LogP contribution in [-0.4, -0.2) is 44.7 Å². The first kappa shape index (κ1) is 22.1. The van der Waals surface area contributed by atoms with Gasteiger partial charge in [-0.1, -0.05) is 30.3 Å². The molecular formula is C22H23N3O5S2. The van der Waals surface area contributed by atoms with Gasteiger partial charge in [0.25, 0.3) is 10.0 Å². The minimum Gasteiger partial charge on any atom is -0.495 e. The molecule has 1 aliphatic heterocycles. The Morgan fingerprint density at radius 3 is 2.56 bits per heavy atom. The highest BCUT2D eigenvalue weighted by molar-refractivity contribution is 7.92. The second-order valence-electron chi connectivity index (χ2n) is 7.47. The van der Waals surface area contributed by atoms with Crippen LogP contribution in [0.15, 0.2) is 58.9 Å². The largest absolute Gasteiger partial charge is 0.495 e. The molecule has 2 aromatic carbocycles. The molecule has 0 unspecified atom stereocenters. The maximum Gasteiger partial charge on any atom is 0.335 e. The number of carboxylic acid groups (broad SMARTS) is 1. The molecule has 168 valence electrons. The zero-order chi connectivity index (χ0) is 22.7. The smallest absolute Gasteiger partial charge is 0.335 e. The Kier molecular flexibility index (Phi) is 6.33. The van der Waals surface area contributed by atoms with E-state index in [1.807, 2.05) is 6.07 Å². The SMILES string of the molecule is COc1cc(C(=O)O)ccc1NS(=O)(=O)c1csc(N2CCC(c3ccccc3)CC2)n1. The Hall–Kier alpha value is -3.11. The summed E-state index contributed by atoms with van der Waals surface area (Å²) in [6.45, 7) is 1.62. The highest BCUT2D eigenvalue weighted by Gasteiger charge is 2.25. The molecule has 0 amide bonds. The van der Waals surface area contributed by atoms with Gasteiger partial charge in [0.2, 0.25) is 0 Å². The second-order valence-corrected chi connectivity index (χ2v) is 9.93. The van der Waals surface area contributed by atoms with Crippen molar-refractivity contribution in [2.24, 2.45) is 0 Å². The van der Waals surface area contributed by atoms with Crippen molar-refractivity contribution in [1.82, 2.24) is 4.98 Å². The van der Waals surface area contributed by atoms with Crippen molar-refractivity contribution < 1.29 is 23.1 Å². The molecule has 0 saturated carbocycles. The van der Waals surface area contributed by atoms with Crippen LogP contribution in [0.3, 0.4) is 0 Å². The molecule has 3 aromatic rings. The van der Waals surface area contributed by atoms with Gasteiger partial charge in [0.05, 0.1) is 18.4 Å². The predicted molar refractivity (Wildman–Crippen MR) is 124 cm³/mol. The zero-order valence-corrected chi connectivity index (χ0v) is 19.0. The van der Waals surface area contributed by atoms with E-state index in [2.05, 4.69) is 38.9 Å². The third-order valence-electron chi connectivity index (χ3n) is 5.48. The van der Waals surface area contributed by atoms with Crippen molar-refractivity contribution in [3.63, 3.8) is 0 Å². The van der Waals surface area contributed by atoms with Crippen LogP contribution in [0.4, 0.5) is 10.8 Å². The van der Waals surface area contributed by atoms with E-state index in [9.17, 15) is 13.2 Å². The van der Waals surface area contributed by atoms with E-state index >= 15 is 0 Å². The fourth-order valence-corrected chi connectivity index (χ4v) is 5.97. The molecule has 2 N–H and O–H groups in total. The first-order valence-electron chi connectivity index (χ1n) is 10.1. The number of aromatic carboxylic acids is 1. The normalized spacial score (nSPS) is 14.8. The van der Waals surface area contributed by atoms with E-state index in [1.54, 1.807) is 0 Å². The predicted octanol–water partition coefficient (Wildman–Crippen LogP) is 4.03. The number of methoxy groups -OCH3 is 1. The Labute approximate surface area is 190 Å². The maximum absolute atomic E-state index is 12.9. The molecule has 1 fully saturated rings. The number of aromatic nitrogens is 1. The first-order valence-corrected chi connectivity index (χ1v) is 12.4. The van der Waals surface area contributed by atoms with Gasteiger partial charge in [-0.2, -0.15) is 8.42 Å². The number of nitrogens with zero attached hydrogens (tertiary/aromatic N) is 2. The highest BCUT2D eigenvalue weighted by atomic mass is 32.2. The van der Waals surface area contributed by atoms with Crippen molar-refractivity contribution in [1.29, 1.82) is 0 Å². The summed E-state index contributed by atoms with van der Waals surface area (Å²) in [7, 11) is -2.61. The number of piperidine rings is 1. The average Bonchev–Trinajstić information content (AvgIpc) is 3.31. The van der Waals surface area contributed by atoms with Crippen LogP contribution in [0.5, 0.6) is 5.75 Å². The average molecular weight is 474 g/mol. The summed E-state index contributed by atoms with van der Waals surface area (Å²) in [5.74, 6) is -0.511. The Balaban J connectivity index is 1.46. The molecule has 2 heterocycles. The number of carboxylic acids is 1. The topological polar surface area (TPSA) is 109 Å². The Morgan fingerprint density at radius 2 is 1.91 bits per heavy atom. The lowest BCUT2D eigenvalue weighted by atomic mass is 9.90. The highest BCUT2D eigenvalue weighted by Crippen LogP contribution is 2.33. The van der Waals surface area contributed by atoms with Gasteiger partial charge in [-0.3, -0.25) is 4.72 Å². The summed E-state index contributed by atoms with van der Waals surface area (Å²) < 4.78 is 33.3. The van der Waals surface area contributed by atoms with Gasteiger partial charge in [-0.25, -0.2) is 9.78 Å². The minimum atomic E-state index is -3.96. The molecule has 4 rings (SSSR count). The summed E-state index contributed by atoms with van der Waals surface area (Å²) in [6.07, 6.45) is 1.97. The molecule has 0 radical (unpaired) electrons. The molecule has 1 saturated heterocycles. The fraction of sp³-hybridized carbons (Fsp3) is 0.273. The maximum atomic E-state index is 12.9.